The lowest BCUT2D eigenvalue weighted by atomic mass is 9.80. The smallest absolute Gasteiger partial charge is 0.128 e. The van der Waals surface area contributed by atoms with Crippen LogP contribution in [0.25, 0.3) is 0 Å². The van der Waals surface area contributed by atoms with Crippen LogP contribution in [0.2, 0.25) is 0 Å². The van der Waals surface area contributed by atoms with Crippen LogP contribution in [0.5, 0.6) is 17.2 Å². The minimum Gasteiger partial charge on any atom is -0.497 e. The molecule has 2 aromatic rings. The minimum atomic E-state index is -0.0345. The summed E-state index contributed by atoms with van der Waals surface area (Å²) in [5, 5.41) is 10.0. The van der Waals surface area contributed by atoms with Crippen molar-refractivity contribution in [1.29, 1.82) is 0 Å². The van der Waals surface area contributed by atoms with Crippen LogP contribution >= 0.6 is 0 Å². The van der Waals surface area contributed by atoms with Gasteiger partial charge in [-0.25, -0.2) is 0 Å². The van der Waals surface area contributed by atoms with E-state index in [9.17, 15) is 5.11 Å². The number of aliphatic hydroxyl groups is 1. The third kappa shape index (κ3) is 2.86. The van der Waals surface area contributed by atoms with Crippen LogP contribution in [-0.2, 0) is 26.0 Å². The fraction of sp³-hybridized carbons (Fsp3) is 0.455. The summed E-state index contributed by atoms with van der Waals surface area (Å²) < 4.78 is 16.6. The van der Waals surface area contributed by atoms with Gasteiger partial charge in [-0.2, -0.15) is 0 Å². The third-order valence-corrected chi connectivity index (χ3v) is 6.11. The number of benzene rings is 2. The van der Waals surface area contributed by atoms with E-state index in [-0.39, 0.29) is 12.6 Å². The predicted molar refractivity (Wildman–Crippen MR) is 104 cm³/mol. The summed E-state index contributed by atoms with van der Waals surface area (Å²) in [4.78, 5) is 2.55. The normalized spacial score (nSPS) is 21.1. The average molecular weight is 369 g/mol. The molecule has 0 bridgehead atoms. The van der Waals surface area contributed by atoms with E-state index in [2.05, 4.69) is 24.0 Å². The van der Waals surface area contributed by atoms with Gasteiger partial charge in [0.2, 0.25) is 0 Å². The molecule has 0 saturated heterocycles. The molecule has 1 N–H and O–H groups in total. The van der Waals surface area contributed by atoms with E-state index in [1.807, 2.05) is 12.1 Å². The molecule has 4 rings (SSSR count). The summed E-state index contributed by atoms with van der Waals surface area (Å²) in [7, 11) is 5.05. The van der Waals surface area contributed by atoms with Crippen molar-refractivity contribution < 1.29 is 19.3 Å². The molecule has 0 aromatic heterocycles. The lowest BCUT2D eigenvalue weighted by Crippen LogP contribution is -2.45. The first-order chi connectivity index (χ1) is 13.1. The molecule has 2 aliphatic heterocycles. The summed E-state index contributed by atoms with van der Waals surface area (Å²) in [5.74, 6) is 2.44. The monoisotopic (exact) mass is 369 g/mol. The Hall–Kier alpha value is -2.24. The van der Waals surface area contributed by atoms with Crippen molar-refractivity contribution in [3.63, 3.8) is 0 Å². The largest absolute Gasteiger partial charge is 0.497 e. The summed E-state index contributed by atoms with van der Waals surface area (Å²) in [6, 6.07) is 9.01. The van der Waals surface area contributed by atoms with Gasteiger partial charge in [-0.05, 0) is 48.6 Å². The van der Waals surface area contributed by atoms with Crippen LogP contribution in [0.1, 0.15) is 40.8 Å². The molecule has 2 heterocycles. The van der Waals surface area contributed by atoms with Gasteiger partial charge in [0.05, 0.1) is 27.9 Å². The van der Waals surface area contributed by atoms with Gasteiger partial charge >= 0.3 is 0 Å². The van der Waals surface area contributed by atoms with Gasteiger partial charge in [0.25, 0.3) is 0 Å². The number of methoxy groups -OCH3 is 3. The fourth-order valence-electron chi connectivity index (χ4n) is 4.73. The Labute approximate surface area is 160 Å². The SMILES string of the molecule is COc1ccc2c(c1)C[C@@H](C)N1Cc3c(OC)cc(OC)c(CO)c3CC21. The fourth-order valence-corrected chi connectivity index (χ4v) is 4.73. The average Bonchev–Trinajstić information content (AvgIpc) is 2.70. The Balaban J connectivity index is 1.84. The Kier molecular flexibility index (Phi) is 4.74. The Morgan fingerprint density at radius 1 is 1.00 bits per heavy atom. The van der Waals surface area contributed by atoms with Gasteiger partial charge in [0, 0.05) is 35.8 Å². The minimum absolute atomic E-state index is 0.0345. The molecule has 2 atom stereocenters. The summed E-state index contributed by atoms with van der Waals surface area (Å²) in [6.07, 6.45) is 1.84. The van der Waals surface area contributed by atoms with E-state index in [0.29, 0.717) is 11.8 Å². The van der Waals surface area contributed by atoms with Gasteiger partial charge in [-0.1, -0.05) is 6.07 Å². The van der Waals surface area contributed by atoms with Gasteiger partial charge in [-0.3, -0.25) is 4.90 Å². The molecular formula is C22H27NO4. The number of ether oxygens (including phenoxy) is 3. The van der Waals surface area contributed by atoms with Crippen LogP contribution in [0.4, 0.5) is 0 Å². The third-order valence-electron chi connectivity index (χ3n) is 6.11. The van der Waals surface area contributed by atoms with E-state index >= 15 is 0 Å². The van der Waals surface area contributed by atoms with E-state index in [1.54, 1.807) is 21.3 Å². The van der Waals surface area contributed by atoms with E-state index < -0.39 is 0 Å². The quantitative estimate of drug-likeness (QED) is 0.897. The molecule has 0 radical (unpaired) electrons. The first-order valence-electron chi connectivity index (χ1n) is 9.40. The van der Waals surface area contributed by atoms with Gasteiger partial charge in [0.1, 0.15) is 17.2 Å². The highest BCUT2D eigenvalue weighted by Crippen LogP contribution is 2.46. The summed E-state index contributed by atoms with van der Waals surface area (Å²) in [5.41, 5.74) is 5.91. The van der Waals surface area contributed by atoms with Crippen molar-refractivity contribution in [3.8, 4) is 17.2 Å². The van der Waals surface area contributed by atoms with Crippen molar-refractivity contribution >= 4 is 0 Å². The van der Waals surface area contributed by atoms with Crippen molar-refractivity contribution in [3.05, 3.63) is 52.1 Å². The second kappa shape index (κ2) is 7.06. The van der Waals surface area contributed by atoms with E-state index in [1.165, 1.54) is 16.7 Å². The van der Waals surface area contributed by atoms with Crippen LogP contribution in [0.3, 0.4) is 0 Å². The number of fused-ring (bicyclic) bond motifs is 4. The number of hydrogen-bond donors (Lipinski definition) is 1. The second-order valence-corrected chi connectivity index (χ2v) is 7.39. The molecule has 1 unspecified atom stereocenters. The van der Waals surface area contributed by atoms with Crippen molar-refractivity contribution in [2.24, 2.45) is 0 Å². The maximum Gasteiger partial charge on any atom is 0.128 e. The zero-order valence-corrected chi connectivity index (χ0v) is 16.4. The Morgan fingerprint density at radius 2 is 1.78 bits per heavy atom. The first kappa shape index (κ1) is 18.1. The molecule has 2 aromatic carbocycles. The first-order valence-corrected chi connectivity index (χ1v) is 9.40. The standard InChI is InChI=1S/C22H27NO4/c1-13-7-14-8-15(25-2)5-6-16(14)20-9-17-18(11-23(13)20)21(26-3)10-22(27-4)19(17)12-24/h5-6,8,10,13,20,24H,7,9,11-12H2,1-4H3/t13-,20?/m1/s1. The molecule has 0 saturated carbocycles. The van der Waals surface area contributed by atoms with Gasteiger partial charge in [0.15, 0.2) is 0 Å². The molecule has 0 aliphatic carbocycles. The maximum atomic E-state index is 10.0. The van der Waals surface area contributed by atoms with Crippen LogP contribution in [-0.4, -0.2) is 37.4 Å². The molecule has 144 valence electrons. The lowest BCUT2D eigenvalue weighted by molar-refractivity contribution is 0.103. The molecule has 27 heavy (non-hydrogen) atoms. The van der Waals surface area contributed by atoms with Crippen molar-refractivity contribution in [1.82, 2.24) is 4.90 Å². The van der Waals surface area contributed by atoms with Crippen molar-refractivity contribution in [2.45, 2.75) is 45.0 Å². The number of nitrogens with zero attached hydrogens (tertiary/aromatic N) is 1. The Morgan fingerprint density at radius 3 is 2.44 bits per heavy atom. The molecule has 0 fully saturated rings. The Bertz CT molecular complexity index is 864. The van der Waals surface area contributed by atoms with Crippen LogP contribution in [0.15, 0.2) is 24.3 Å². The highest BCUT2D eigenvalue weighted by molar-refractivity contribution is 5.55. The van der Waals surface area contributed by atoms with E-state index in [4.69, 9.17) is 14.2 Å². The molecule has 0 amide bonds. The second-order valence-electron chi connectivity index (χ2n) is 7.39. The number of hydrogen-bond acceptors (Lipinski definition) is 5. The van der Waals surface area contributed by atoms with Crippen molar-refractivity contribution in [2.75, 3.05) is 21.3 Å². The zero-order chi connectivity index (χ0) is 19.1. The highest BCUT2D eigenvalue weighted by Gasteiger charge is 2.38. The number of rotatable bonds is 4. The van der Waals surface area contributed by atoms with E-state index in [0.717, 1.165) is 42.0 Å². The van der Waals surface area contributed by atoms with Gasteiger partial charge < -0.3 is 19.3 Å². The molecule has 5 nitrogen and oxygen atoms in total. The molecule has 0 spiro atoms. The van der Waals surface area contributed by atoms with Crippen LogP contribution < -0.4 is 14.2 Å². The highest BCUT2D eigenvalue weighted by atomic mass is 16.5. The topological polar surface area (TPSA) is 51.2 Å². The number of aliphatic hydroxyl groups excluding tert-OH is 1. The van der Waals surface area contributed by atoms with Crippen LogP contribution in [0, 0.1) is 0 Å². The summed E-state index contributed by atoms with van der Waals surface area (Å²) >= 11 is 0. The summed E-state index contributed by atoms with van der Waals surface area (Å²) in [6.45, 7) is 3.06. The lowest BCUT2D eigenvalue weighted by Gasteiger charge is -2.46. The molecule has 2 aliphatic rings. The molecular weight excluding hydrogens is 342 g/mol. The molecule has 5 heteroatoms. The van der Waals surface area contributed by atoms with Gasteiger partial charge in [-0.15, -0.1) is 0 Å². The maximum absolute atomic E-state index is 10.0. The predicted octanol–water partition coefficient (Wildman–Crippen LogP) is 3.25. The zero-order valence-electron chi connectivity index (χ0n) is 16.4.